The van der Waals surface area contributed by atoms with E-state index in [1.165, 1.54) is 0 Å². The van der Waals surface area contributed by atoms with Crippen molar-refractivity contribution in [2.45, 2.75) is 26.7 Å². The number of aromatic hydroxyl groups is 1. The van der Waals surface area contributed by atoms with Gasteiger partial charge in [-0.3, -0.25) is 0 Å². The first kappa shape index (κ1) is 14.7. The van der Waals surface area contributed by atoms with Crippen molar-refractivity contribution >= 4 is 17.7 Å². The lowest BCUT2D eigenvalue weighted by Crippen LogP contribution is -1.95. The molecule has 1 atom stereocenters. The molecule has 1 N–H and O–H groups in total. The zero-order valence-corrected chi connectivity index (χ0v) is 12.8. The Morgan fingerprint density at radius 1 is 1.10 bits per heavy atom. The lowest BCUT2D eigenvalue weighted by molar-refractivity contribution is 0.465. The quantitative estimate of drug-likeness (QED) is 0.792. The molecule has 0 amide bonds. The SMILES string of the molecule is Cc1cc(C)c(C(C)/C=C/c2ccc(Cl)cc2)c(O)c1. The first-order valence-corrected chi connectivity index (χ1v) is 7.09. The molecule has 104 valence electrons. The summed E-state index contributed by atoms with van der Waals surface area (Å²) in [7, 11) is 0. The molecule has 0 heterocycles. The molecule has 0 fully saturated rings. The van der Waals surface area contributed by atoms with Gasteiger partial charge >= 0.3 is 0 Å². The van der Waals surface area contributed by atoms with Crippen molar-refractivity contribution in [1.82, 2.24) is 0 Å². The number of hydrogen-bond donors (Lipinski definition) is 1. The second-order valence-corrected chi connectivity index (χ2v) is 5.65. The third-order valence-corrected chi connectivity index (χ3v) is 3.66. The van der Waals surface area contributed by atoms with Crippen LogP contribution in [-0.4, -0.2) is 5.11 Å². The summed E-state index contributed by atoms with van der Waals surface area (Å²) in [6.45, 7) is 6.11. The van der Waals surface area contributed by atoms with Crippen molar-refractivity contribution in [2.75, 3.05) is 0 Å². The van der Waals surface area contributed by atoms with Gasteiger partial charge in [-0.15, -0.1) is 0 Å². The standard InChI is InChI=1S/C18H19ClO/c1-12-10-14(3)18(17(20)11-12)13(2)4-5-15-6-8-16(19)9-7-15/h4-11,13,20H,1-3H3/b5-4+. The second-order valence-electron chi connectivity index (χ2n) is 5.21. The van der Waals surface area contributed by atoms with Crippen LogP contribution >= 0.6 is 11.6 Å². The van der Waals surface area contributed by atoms with Gasteiger partial charge in [0.15, 0.2) is 0 Å². The average molecular weight is 287 g/mol. The minimum atomic E-state index is 0.159. The van der Waals surface area contributed by atoms with Crippen LogP contribution in [0.25, 0.3) is 6.08 Å². The molecule has 0 aliphatic carbocycles. The van der Waals surface area contributed by atoms with Crippen molar-refractivity contribution < 1.29 is 5.11 Å². The topological polar surface area (TPSA) is 20.2 Å². The highest BCUT2D eigenvalue weighted by Crippen LogP contribution is 2.31. The van der Waals surface area contributed by atoms with Crippen molar-refractivity contribution in [3.05, 3.63) is 69.8 Å². The van der Waals surface area contributed by atoms with Crippen LogP contribution in [0.15, 0.2) is 42.5 Å². The first-order chi connectivity index (χ1) is 9.47. The average Bonchev–Trinajstić information content (AvgIpc) is 2.37. The van der Waals surface area contributed by atoms with Crippen LogP contribution in [0, 0.1) is 13.8 Å². The van der Waals surface area contributed by atoms with Gasteiger partial charge < -0.3 is 5.11 Å². The van der Waals surface area contributed by atoms with Gasteiger partial charge in [0.25, 0.3) is 0 Å². The molecule has 0 aliphatic heterocycles. The molecule has 0 bridgehead atoms. The molecular weight excluding hydrogens is 268 g/mol. The summed E-state index contributed by atoms with van der Waals surface area (Å²) in [5, 5.41) is 10.9. The number of phenolic OH excluding ortho intramolecular Hbond substituents is 1. The highest BCUT2D eigenvalue weighted by Gasteiger charge is 2.11. The molecule has 20 heavy (non-hydrogen) atoms. The number of hydrogen-bond acceptors (Lipinski definition) is 1. The van der Waals surface area contributed by atoms with E-state index in [1.807, 2.05) is 44.2 Å². The molecule has 2 aromatic rings. The molecule has 0 saturated heterocycles. The minimum absolute atomic E-state index is 0.159. The normalized spacial score (nSPS) is 12.8. The fraction of sp³-hybridized carbons (Fsp3) is 0.222. The largest absolute Gasteiger partial charge is 0.508 e. The van der Waals surface area contributed by atoms with Crippen molar-refractivity contribution in [1.29, 1.82) is 0 Å². The van der Waals surface area contributed by atoms with E-state index < -0.39 is 0 Å². The maximum atomic E-state index is 10.1. The summed E-state index contributed by atoms with van der Waals surface area (Å²) >= 11 is 5.87. The first-order valence-electron chi connectivity index (χ1n) is 6.71. The van der Waals surface area contributed by atoms with E-state index in [2.05, 4.69) is 25.1 Å². The van der Waals surface area contributed by atoms with Crippen molar-refractivity contribution in [3.63, 3.8) is 0 Å². The lowest BCUT2D eigenvalue weighted by atomic mass is 9.93. The van der Waals surface area contributed by atoms with Gasteiger partial charge in [-0.2, -0.15) is 0 Å². The van der Waals surface area contributed by atoms with E-state index in [0.717, 1.165) is 27.3 Å². The Hall–Kier alpha value is -1.73. The van der Waals surface area contributed by atoms with Gasteiger partial charge in [0.1, 0.15) is 5.75 Å². The summed E-state index contributed by atoms with van der Waals surface area (Å²) < 4.78 is 0. The molecule has 1 nitrogen and oxygen atoms in total. The van der Waals surface area contributed by atoms with Gasteiger partial charge in [-0.05, 0) is 48.7 Å². The smallest absolute Gasteiger partial charge is 0.119 e. The van der Waals surface area contributed by atoms with Crippen LogP contribution < -0.4 is 0 Å². The summed E-state index contributed by atoms with van der Waals surface area (Å²) in [4.78, 5) is 0. The lowest BCUT2D eigenvalue weighted by Gasteiger charge is -2.14. The molecule has 2 heteroatoms. The van der Waals surface area contributed by atoms with Gasteiger partial charge in [0.2, 0.25) is 0 Å². The van der Waals surface area contributed by atoms with E-state index in [4.69, 9.17) is 11.6 Å². The summed E-state index contributed by atoms with van der Waals surface area (Å²) in [6, 6.07) is 11.6. The monoisotopic (exact) mass is 286 g/mol. The highest BCUT2D eigenvalue weighted by molar-refractivity contribution is 6.30. The number of benzene rings is 2. The van der Waals surface area contributed by atoms with E-state index in [-0.39, 0.29) is 5.92 Å². The Labute approximate surface area is 125 Å². The molecular formula is C18H19ClO. The zero-order valence-electron chi connectivity index (χ0n) is 12.0. The van der Waals surface area contributed by atoms with E-state index in [0.29, 0.717) is 5.75 Å². The van der Waals surface area contributed by atoms with Gasteiger partial charge in [0.05, 0.1) is 0 Å². The van der Waals surface area contributed by atoms with Gasteiger partial charge in [-0.25, -0.2) is 0 Å². The Balaban J connectivity index is 2.24. The van der Waals surface area contributed by atoms with Gasteiger partial charge in [0, 0.05) is 16.5 Å². The van der Waals surface area contributed by atoms with Gasteiger partial charge in [-0.1, -0.05) is 48.9 Å². The van der Waals surface area contributed by atoms with E-state index in [1.54, 1.807) is 0 Å². The summed E-state index contributed by atoms with van der Waals surface area (Å²) in [5.41, 5.74) is 4.29. The summed E-state index contributed by atoms with van der Waals surface area (Å²) in [6.07, 6.45) is 4.15. The Bertz CT molecular complexity index is 603. The molecule has 0 radical (unpaired) electrons. The van der Waals surface area contributed by atoms with E-state index in [9.17, 15) is 5.11 Å². The number of phenols is 1. The van der Waals surface area contributed by atoms with E-state index >= 15 is 0 Å². The van der Waals surface area contributed by atoms with Crippen LogP contribution in [0.3, 0.4) is 0 Å². The molecule has 0 aliphatic rings. The predicted octanol–water partition coefficient (Wildman–Crippen LogP) is 5.48. The third kappa shape index (κ3) is 3.43. The van der Waals surface area contributed by atoms with Crippen molar-refractivity contribution in [3.8, 4) is 5.75 Å². The minimum Gasteiger partial charge on any atom is -0.508 e. The molecule has 2 rings (SSSR count). The molecule has 0 saturated carbocycles. The number of aryl methyl sites for hydroxylation is 2. The van der Waals surface area contributed by atoms with Crippen LogP contribution in [-0.2, 0) is 0 Å². The molecule has 2 aromatic carbocycles. The Kier molecular flexibility index (Phi) is 4.51. The highest BCUT2D eigenvalue weighted by atomic mass is 35.5. The molecule has 0 aromatic heterocycles. The number of rotatable bonds is 3. The third-order valence-electron chi connectivity index (χ3n) is 3.41. The zero-order chi connectivity index (χ0) is 14.7. The van der Waals surface area contributed by atoms with Crippen molar-refractivity contribution in [2.24, 2.45) is 0 Å². The van der Waals surface area contributed by atoms with Crippen LogP contribution in [0.4, 0.5) is 0 Å². The molecule has 1 unspecified atom stereocenters. The summed E-state index contributed by atoms with van der Waals surface area (Å²) in [5.74, 6) is 0.530. The van der Waals surface area contributed by atoms with Crippen LogP contribution in [0.1, 0.15) is 35.1 Å². The fourth-order valence-electron chi connectivity index (χ4n) is 2.47. The fourth-order valence-corrected chi connectivity index (χ4v) is 2.60. The number of halogens is 1. The number of allylic oxidation sites excluding steroid dienone is 1. The molecule has 0 spiro atoms. The second kappa shape index (κ2) is 6.15. The van der Waals surface area contributed by atoms with Crippen LogP contribution in [0.2, 0.25) is 5.02 Å². The predicted molar refractivity (Wildman–Crippen MR) is 86.5 cm³/mol. The Morgan fingerprint density at radius 2 is 1.75 bits per heavy atom. The maximum Gasteiger partial charge on any atom is 0.119 e. The Morgan fingerprint density at radius 3 is 2.35 bits per heavy atom. The van der Waals surface area contributed by atoms with Crippen LogP contribution in [0.5, 0.6) is 5.75 Å². The maximum absolute atomic E-state index is 10.1.